The highest BCUT2D eigenvalue weighted by atomic mass is 32.2. The molecule has 4 rings (SSSR count). The van der Waals surface area contributed by atoms with E-state index in [1.807, 2.05) is 18.2 Å². The van der Waals surface area contributed by atoms with E-state index in [1.54, 1.807) is 6.07 Å². The van der Waals surface area contributed by atoms with E-state index in [4.69, 9.17) is 0 Å². The molecule has 2 aliphatic carbocycles. The predicted octanol–water partition coefficient (Wildman–Crippen LogP) is 2.17. The van der Waals surface area contributed by atoms with Crippen molar-refractivity contribution in [3.05, 3.63) is 24.3 Å². The summed E-state index contributed by atoms with van der Waals surface area (Å²) in [5.41, 5.74) is 1.31. The van der Waals surface area contributed by atoms with Crippen molar-refractivity contribution < 1.29 is 13.2 Å². The molecule has 0 aromatic heterocycles. The van der Waals surface area contributed by atoms with E-state index >= 15 is 0 Å². The number of nitrogens with zero attached hydrogens (tertiary/aromatic N) is 2. The molecule has 0 unspecified atom stereocenters. The number of rotatable bonds is 4. The van der Waals surface area contributed by atoms with Crippen LogP contribution in [0.15, 0.2) is 24.3 Å². The van der Waals surface area contributed by atoms with Gasteiger partial charge < -0.3 is 5.32 Å². The zero-order valence-electron chi connectivity index (χ0n) is 13.6. The summed E-state index contributed by atoms with van der Waals surface area (Å²) in [5, 5.41) is 3.01. The fourth-order valence-corrected chi connectivity index (χ4v) is 5.61. The lowest BCUT2D eigenvalue weighted by Crippen LogP contribution is -2.46. The molecule has 1 aliphatic heterocycles. The van der Waals surface area contributed by atoms with Crippen molar-refractivity contribution in [2.45, 2.75) is 57.0 Å². The molecule has 0 radical (unpaired) electrons. The number of benzene rings is 1. The molecular formula is C17H23N3O3S. The smallest absolute Gasteiger partial charge is 0.327 e. The summed E-state index contributed by atoms with van der Waals surface area (Å²) in [7, 11) is -3.65. The van der Waals surface area contributed by atoms with Crippen molar-refractivity contribution in [3.8, 4) is 0 Å². The summed E-state index contributed by atoms with van der Waals surface area (Å²) in [6.07, 6.45) is 7.23. The van der Waals surface area contributed by atoms with Crippen molar-refractivity contribution in [1.82, 2.24) is 5.32 Å². The lowest BCUT2D eigenvalue weighted by molar-refractivity contribution is -0.120. The first kappa shape index (κ1) is 15.7. The zero-order chi connectivity index (χ0) is 16.7. The summed E-state index contributed by atoms with van der Waals surface area (Å²) >= 11 is 0. The number of amides is 1. The second-order valence-electron chi connectivity index (χ2n) is 6.93. The SMILES string of the molecule is O=C(CN1c2ccccc2N(C2CC2)S1(=O)=O)NC1CCCCC1. The van der Waals surface area contributed by atoms with Crippen LogP contribution in [0.1, 0.15) is 44.9 Å². The van der Waals surface area contributed by atoms with Crippen LogP contribution in [0, 0.1) is 0 Å². The standard InChI is InChI=1S/C17H23N3O3S/c21-17(18-13-6-2-1-3-7-13)12-19-15-8-4-5-9-16(15)20(14-10-11-14)24(19,22)23/h4-5,8-9,13-14H,1-3,6-7,10-12H2,(H,18,21). The van der Waals surface area contributed by atoms with Crippen LogP contribution in [0.5, 0.6) is 0 Å². The molecule has 6 nitrogen and oxygen atoms in total. The summed E-state index contributed by atoms with van der Waals surface area (Å²) in [4.78, 5) is 12.4. The van der Waals surface area contributed by atoms with E-state index in [2.05, 4.69) is 5.32 Å². The average molecular weight is 349 g/mol. The fourth-order valence-electron chi connectivity index (χ4n) is 3.73. The first-order chi connectivity index (χ1) is 11.6. The highest BCUT2D eigenvalue weighted by molar-refractivity contribution is 7.94. The maximum Gasteiger partial charge on any atom is 0.327 e. The van der Waals surface area contributed by atoms with E-state index in [-0.39, 0.29) is 24.5 Å². The molecule has 24 heavy (non-hydrogen) atoms. The zero-order valence-corrected chi connectivity index (χ0v) is 14.5. The highest BCUT2D eigenvalue weighted by Gasteiger charge is 2.47. The van der Waals surface area contributed by atoms with Gasteiger partial charge in [-0.1, -0.05) is 31.4 Å². The Morgan fingerprint density at radius 3 is 2.38 bits per heavy atom. The third-order valence-corrected chi connectivity index (χ3v) is 6.93. The topological polar surface area (TPSA) is 69.7 Å². The van der Waals surface area contributed by atoms with Crippen LogP contribution in [0.3, 0.4) is 0 Å². The van der Waals surface area contributed by atoms with E-state index in [9.17, 15) is 13.2 Å². The van der Waals surface area contributed by atoms with Crippen LogP contribution < -0.4 is 13.9 Å². The maximum absolute atomic E-state index is 12.9. The number of nitrogens with one attached hydrogen (secondary N) is 1. The number of anilines is 2. The van der Waals surface area contributed by atoms with Gasteiger partial charge in [0, 0.05) is 12.1 Å². The van der Waals surface area contributed by atoms with Gasteiger partial charge in [-0.15, -0.1) is 0 Å². The summed E-state index contributed by atoms with van der Waals surface area (Å²) in [5.74, 6) is -0.210. The Morgan fingerprint density at radius 2 is 1.71 bits per heavy atom. The quantitative estimate of drug-likeness (QED) is 0.906. The first-order valence-corrected chi connectivity index (χ1v) is 10.2. The van der Waals surface area contributed by atoms with Crippen LogP contribution >= 0.6 is 0 Å². The number of para-hydroxylation sites is 2. The third kappa shape index (κ3) is 2.75. The minimum atomic E-state index is -3.65. The largest absolute Gasteiger partial charge is 0.352 e. The minimum absolute atomic E-state index is 0.0440. The molecule has 1 heterocycles. The lowest BCUT2D eigenvalue weighted by atomic mass is 9.95. The Morgan fingerprint density at radius 1 is 1.04 bits per heavy atom. The van der Waals surface area contributed by atoms with Gasteiger partial charge in [0.25, 0.3) is 0 Å². The van der Waals surface area contributed by atoms with Crippen LogP contribution in [0.4, 0.5) is 11.4 Å². The summed E-state index contributed by atoms with van der Waals surface area (Å²) in [6.45, 7) is -0.140. The molecule has 1 aromatic rings. The van der Waals surface area contributed by atoms with Crippen LogP contribution in [0.25, 0.3) is 0 Å². The van der Waals surface area contributed by atoms with E-state index in [0.717, 1.165) is 38.5 Å². The molecule has 3 aliphatic rings. The van der Waals surface area contributed by atoms with E-state index in [1.165, 1.54) is 15.0 Å². The Labute approximate surface area is 143 Å². The Kier molecular flexibility index (Phi) is 3.90. The van der Waals surface area contributed by atoms with Crippen molar-refractivity contribution in [2.75, 3.05) is 15.2 Å². The molecule has 7 heteroatoms. The van der Waals surface area contributed by atoms with Gasteiger partial charge in [0.15, 0.2) is 0 Å². The van der Waals surface area contributed by atoms with Gasteiger partial charge >= 0.3 is 10.2 Å². The van der Waals surface area contributed by atoms with Crippen molar-refractivity contribution >= 4 is 27.5 Å². The lowest BCUT2D eigenvalue weighted by Gasteiger charge is -2.25. The average Bonchev–Trinajstić information content (AvgIpc) is 3.36. The first-order valence-electron chi connectivity index (χ1n) is 8.78. The van der Waals surface area contributed by atoms with Crippen molar-refractivity contribution in [3.63, 3.8) is 0 Å². The van der Waals surface area contributed by atoms with Gasteiger partial charge in [-0.3, -0.25) is 4.79 Å². The van der Waals surface area contributed by atoms with Gasteiger partial charge in [-0.25, -0.2) is 8.61 Å². The number of carbonyl (C=O) groups is 1. The fraction of sp³-hybridized carbons (Fsp3) is 0.588. The predicted molar refractivity (Wildman–Crippen MR) is 93.2 cm³/mol. The molecule has 0 atom stereocenters. The van der Waals surface area contributed by atoms with Gasteiger partial charge in [-0.05, 0) is 37.8 Å². The molecule has 2 fully saturated rings. The molecular weight excluding hydrogens is 326 g/mol. The monoisotopic (exact) mass is 349 g/mol. The van der Waals surface area contributed by atoms with Gasteiger partial charge in [-0.2, -0.15) is 8.42 Å². The second-order valence-corrected chi connectivity index (χ2v) is 8.66. The number of carbonyl (C=O) groups excluding carboxylic acids is 1. The Bertz CT molecular complexity index is 739. The normalized spacial score (nSPS) is 23.2. The van der Waals surface area contributed by atoms with Crippen LogP contribution in [0.2, 0.25) is 0 Å². The molecule has 2 saturated carbocycles. The minimum Gasteiger partial charge on any atom is -0.352 e. The Balaban J connectivity index is 1.54. The molecule has 0 spiro atoms. The van der Waals surface area contributed by atoms with Gasteiger partial charge in [0.1, 0.15) is 6.54 Å². The van der Waals surface area contributed by atoms with E-state index in [0.29, 0.717) is 11.4 Å². The molecule has 0 saturated heterocycles. The van der Waals surface area contributed by atoms with Crippen LogP contribution in [-0.2, 0) is 15.0 Å². The third-order valence-electron chi connectivity index (χ3n) is 5.05. The summed E-state index contributed by atoms with van der Waals surface area (Å²) < 4.78 is 28.6. The summed E-state index contributed by atoms with van der Waals surface area (Å²) in [6, 6.07) is 7.49. The molecule has 0 bridgehead atoms. The number of hydrogen-bond acceptors (Lipinski definition) is 3. The van der Waals surface area contributed by atoms with Gasteiger partial charge in [0.05, 0.1) is 11.4 Å². The molecule has 130 valence electrons. The van der Waals surface area contributed by atoms with E-state index < -0.39 is 10.2 Å². The molecule has 1 amide bonds. The molecule has 1 aromatic carbocycles. The van der Waals surface area contributed by atoms with Crippen molar-refractivity contribution in [1.29, 1.82) is 0 Å². The second kappa shape index (κ2) is 5.95. The number of hydrogen-bond donors (Lipinski definition) is 1. The highest BCUT2D eigenvalue weighted by Crippen LogP contribution is 2.46. The Hall–Kier alpha value is -1.76. The van der Waals surface area contributed by atoms with Crippen LogP contribution in [-0.4, -0.2) is 33.0 Å². The maximum atomic E-state index is 12.9. The molecule has 1 N–H and O–H groups in total. The van der Waals surface area contributed by atoms with Gasteiger partial charge in [0.2, 0.25) is 5.91 Å². The van der Waals surface area contributed by atoms with Crippen molar-refractivity contribution in [2.24, 2.45) is 0 Å². The number of fused-ring (bicyclic) bond motifs is 1.